The molecule has 4 aromatic rings. The first kappa shape index (κ1) is 19.6. The van der Waals surface area contributed by atoms with Crippen molar-refractivity contribution in [3.8, 4) is 17.0 Å². The Morgan fingerprint density at radius 3 is 2.55 bits per heavy atom. The average molecular weight is 428 g/mol. The monoisotopic (exact) mass is 427 g/mol. The van der Waals surface area contributed by atoms with Crippen LogP contribution in [0.2, 0.25) is 5.02 Å². The van der Waals surface area contributed by atoms with E-state index in [-0.39, 0.29) is 5.92 Å². The molecule has 1 N–H and O–H groups in total. The lowest BCUT2D eigenvalue weighted by atomic mass is 9.78. The summed E-state index contributed by atoms with van der Waals surface area (Å²) in [7, 11) is 1.67. The molecular weight excluding hydrogens is 406 g/mol. The zero-order chi connectivity index (χ0) is 21.2. The van der Waals surface area contributed by atoms with Gasteiger partial charge >= 0.3 is 0 Å². The van der Waals surface area contributed by atoms with Gasteiger partial charge in [0.1, 0.15) is 5.75 Å². The van der Waals surface area contributed by atoms with Gasteiger partial charge in [0.2, 0.25) is 5.95 Å². The lowest BCUT2D eigenvalue weighted by Gasteiger charge is -2.27. The smallest absolute Gasteiger partial charge is 0.223 e. The van der Waals surface area contributed by atoms with Gasteiger partial charge in [0.15, 0.2) is 0 Å². The molecule has 0 saturated carbocycles. The predicted molar refractivity (Wildman–Crippen MR) is 125 cm³/mol. The third-order valence-corrected chi connectivity index (χ3v) is 6.01. The number of benzene rings is 3. The summed E-state index contributed by atoms with van der Waals surface area (Å²) in [6, 6.07) is 24.6. The van der Waals surface area contributed by atoms with E-state index < -0.39 is 0 Å². The van der Waals surface area contributed by atoms with Crippen LogP contribution in [0, 0.1) is 0 Å². The van der Waals surface area contributed by atoms with Crippen LogP contribution in [-0.4, -0.2) is 17.1 Å². The first-order valence-corrected chi connectivity index (χ1v) is 10.7. The second kappa shape index (κ2) is 8.40. The number of hydrogen-bond acceptors (Lipinski definition) is 4. The van der Waals surface area contributed by atoms with Gasteiger partial charge in [0, 0.05) is 29.2 Å². The summed E-state index contributed by atoms with van der Waals surface area (Å²) in [5, 5.41) is 4.10. The number of nitrogens with one attached hydrogen (secondary N) is 1. The summed E-state index contributed by atoms with van der Waals surface area (Å²) < 4.78 is 5.22. The molecule has 0 fully saturated rings. The summed E-state index contributed by atoms with van der Waals surface area (Å²) in [5.41, 5.74) is 7.02. The van der Waals surface area contributed by atoms with Gasteiger partial charge in [-0.15, -0.1) is 0 Å². The highest BCUT2D eigenvalue weighted by Gasteiger charge is 2.27. The fraction of sp³-hybridized carbons (Fsp3) is 0.154. The summed E-state index contributed by atoms with van der Waals surface area (Å²) >= 11 is 6.11. The minimum atomic E-state index is 0.266. The lowest BCUT2D eigenvalue weighted by Crippen LogP contribution is -2.15. The van der Waals surface area contributed by atoms with E-state index in [4.69, 9.17) is 21.3 Å². The van der Waals surface area contributed by atoms with Crippen molar-refractivity contribution in [2.45, 2.75) is 18.9 Å². The van der Waals surface area contributed by atoms with Gasteiger partial charge < -0.3 is 10.1 Å². The van der Waals surface area contributed by atoms with Gasteiger partial charge in [-0.05, 0) is 52.9 Å². The van der Waals surface area contributed by atoms with Gasteiger partial charge in [-0.1, -0.05) is 60.1 Å². The van der Waals surface area contributed by atoms with Crippen LogP contribution < -0.4 is 10.1 Å². The zero-order valence-electron chi connectivity index (χ0n) is 17.2. The van der Waals surface area contributed by atoms with Gasteiger partial charge in [-0.3, -0.25) is 0 Å². The number of rotatable bonds is 5. The first-order valence-electron chi connectivity index (χ1n) is 10.3. The van der Waals surface area contributed by atoms with Crippen molar-refractivity contribution in [2.75, 3.05) is 12.4 Å². The number of methoxy groups -OCH3 is 1. The van der Waals surface area contributed by atoms with Crippen LogP contribution in [0.3, 0.4) is 0 Å². The Morgan fingerprint density at radius 2 is 1.77 bits per heavy atom. The van der Waals surface area contributed by atoms with E-state index >= 15 is 0 Å². The molecule has 4 nitrogen and oxygen atoms in total. The summed E-state index contributed by atoms with van der Waals surface area (Å²) in [6.45, 7) is 0.651. The van der Waals surface area contributed by atoms with Crippen molar-refractivity contribution in [3.05, 3.63) is 106 Å². The minimum Gasteiger partial charge on any atom is -0.497 e. The number of nitrogens with zero attached hydrogens (tertiary/aromatic N) is 2. The Bertz CT molecular complexity index is 1210. The Labute approximate surface area is 186 Å². The van der Waals surface area contributed by atoms with Crippen molar-refractivity contribution in [1.29, 1.82) is 0 Å². The number of halogens is 1. The van der Waals surface area contributed by atoms with E-state index in [1.165, 1.54) is 16.7 Å². The molecule has 154 valence electrons. The maximum atomic E-state index is 6.11. The number of ether oxygens (including phenoxy) is 1. The van der Waals surface area contributed by atoms with Gasteiger partial charge in [0.25, 0.3) is 0 Å². The van der Waals surface area contributed by atoms with Crippen LogP contribution in [0.5, 0.6) is 5.75 Å². The van der Waals surface area contributed by atoms with Crippen LogP contribution in [0.25, 0.3) is 11.3 Å². The van der Waals surface area contributed by atoms with Crippen molar-refractivity contribution < 1.29 is 4.74 Å². The third-order valence-electron chi connectivity index (χ3n) is 5.76. The van der Waals surface area contributed by atoms with Crippen LogP contribution in [0.15, 0.2) is 79.0 Å². The molecule has 31 heavy (non-hydrogen) atoms. The summed E-state index contributed by atoms with van der Waals surface area (Å²) in [4.78, 5) is 9.47. The van der Waals surface area contributed by atoms with E-state index in [0.29, 0.717) is 12.5 Å². The normalized spacial score (nSPS) is 14.5. The molecule has 0 radical (unpaired) electrons. The maximum Gasteiger partial charge on any atom is 0.223 e. The molecule has 0 amide bonds. The van der Waals surface area contributed by atoms with E-state index in [9.17, 15) is 0 Å². The van der Waals surface area contributed by atoms with Crippen LogP contribution in [0.1, 0.15) is 28.2 Å². The second-order valence-corrected chi connectivity index (χ2v) is 8.10. The fourth-order valence-corrected chi connectivity index (χ4v) is 4.26. The van der Waals surface area contributed by atoms with Crippen molar-refractivity contribution >= 4 is 17.5 Å². The highest BCUT2D eigenvalue weighted by molar-refractivity contribution is 6.30. The van der Waals surface area contributed by atoms with Gasteiger partial charge in [-0.2, -0.15) is 0 Å². The lowest BCUT2D eigenvalue weighted by molar-refractivity contribution is 0.414. The average Bonchev–Trinajstić information content (AvgIpc) is 2.83. The molecule has 1 heterocycles. The molecule has 5 rings (SSSR count). The van der Waals surface area contributed by atoms with Crippen molar-refractivity contribution in [1.82, 2.24) is 9.97 Å². The minimum absolute atomic E-state index is 0.266. The largest absolute Gasteiger partial charge is 0.497 e. The Kier molecular flexibility index (Phi) is 5.31. The van der Waals surface area contributed by atoms with Gasteiger partial charge in [-0.25, -0.2) is 9.97 Å². The quantitative estimate of drug-likeness (QED) is 0.417. The van der Waals surface area contributed by atoms with Crippen LogP contribution in [0.4, 0.5) is 5.95 Å². The first-order chi connectivity index (χ1) is 15.2. The molecule has 0 saturated heterocycles. The summed E-state index contributed by atoms with van der Waals surface area (Å²) in [5.74, 6) is 1.75. The van der Waals surface area contributed by atoms with E-state index in [2.05, 4.69) is 46.7 Å². The third kappa shape index (κ3) is 3.99. The maximum absolute atomic E-state index is 6.11. The molecule has 3 aromatic carbocycles. The predicted octanol–water partition coefficient (Wildman–Crippen LogP) is 6.11. The van der Waals surface area contributed by atoms with E-state index in [0.717, 1.165) is 34.0 Å². The highest BCUT2D eigenvalue weighted by Crippen LogP contribution is 2.42. The second-order valence-electron chi connectivity index (χ2n) is 7.66. The molecule has 1 aliphatic rings. The van der Waals surface area contributed by atoms with Crippen molar-refractivity contribution in [2.24, 2.45) is 0 Å². The van der Waals surface area contributed by atoms with Gasteiger partial charge in [0.05, 0.1) is 12.8 Å². The fourth-order valence-electron chi connectivity index (χ4n) is 4.14. The molecule has 0 bridgehead atoms. The number of fused-ring (bicyclic) bond motifs is 3. The number of hydrogen-bond donors (Lipinski definition) is 1. The Balaban J connectivity index is 1.43. The Hall–Kier alpha value is -3.37. The standard InChI is InChI=1S/C26H22ClN3O/c1-31-21-12-6-17(7-13-21)15-28-26-29-16-19-14-24(18-8-10-20(27)11-9-18)22-4-2-3-5-23(22)25(19)30-26/h2-13,16,24H,14-15H2,1H3,(H,28,29,30). The molecule has 1 aromatic heterocycles. The molecule has 1 unspecified atom stereocenters. The number of aromatic nitrogens is 2. The van der Waals surface area contributed by atoms with E-state index in [1.54, 1.807) is 7.11 Å². The highest BCUT2D eigenvalue weighted by atomic mass is 35.5. The Morgan fingerprint density at radius 1 is 1.00 bits per heavy atom. The molecule has 1 aliphatic carbocycles. The van der Waals surface area contributed by atoms with E-state index in [1.807, 2.05) is 42.6 Å². The molecule has 0 aliphatic heterocycles. The summed E-state index contributed by atoms with van der Waals surface area (Å²) in [6.07, 6.45) is 2.82. The SMILES string of the molecule is COc1ccc(CNc2ncc3c(n2)-c2ccccc2C(c2ccc(Cl)cc2)C3)cc1. The number of anilines is 1. The molecular formula is C26H22ClN3O. The van der Waals surface area contributed by atoms with Crippen LogP contribution in [-0.2, 0) is 13.0 Å². The molecule has 0 spiro atoms. The zero-order valence-corrected chi connectivity index (χ0v) is 17.9. The molecule has 5 heteroatoms. The van der Waals surface area contributed by atoms with Crippen LogP contribution >= 0.6 is 11.6 Å². The van der Waals surface area contributed by atoms with Crippen molar-refractivity contribution in [3.63, 3.8) is 0 Å². The topological polar surface area (TPSA) is 47.0 Å². The molecule has 1 atom stereocenters.